The molecule has 0 radical (unpaired) electrons. The van der Waals surface area contributed by atoms with E-state index < -0.39 is 15.8 Å². The van der Waals surface area contributed by atoms with Gasteiger partial charge in [0.1, 0.15) is 10.7 Å². The van der Waals surface area contributed by atoms with Gasteiger partial charge in [0.05, 0.1) is 5.69 Å². The number of hydrogen-bond acceptors (Lipinski definition) is 4. The van der Waals surface area contributed by atoms with Gasteiger partial charge in [-0.25, -0.2) is 17.5 Å². The molecule has 7 heteroatoms. The number of rotatable bonds is 6. The molecule has 1 aromatic heterocycles. The molecule has 1 heterocycles. The van der Waals surface area contributed by atoms with Crippen LogP contribution in [0.15, 0.2) is 47.6 Å². The Morgan fingerprint density at radius 2 is 2.00 bits per heavy atom. The monoisotopic (exact) mass is 309 g/mol. The fourth-order valence-electron chi connectivity index (χ4n) is 1.82. The molecule has 0 fully saturated rings. The van der Waals surface area contributed by atoms with Crippen molar-refractivity contribution in [2.75, 3.05) is 11.9 Å². The van der Waals surface area contributed by atoms with Crippen LogP contribution in [0.1, 0.15) is 12.5 Å². The number of pyridine rings is 1. The minimum atomic E-state index is -3.77. The summed E-state index contributed by atoms with van der Waals surface area (Å²) in [7, 11) is -3.77. The normalized spacial score (nSPS) is 11.3. The number of nitrogens with zero attached hydrogens (tertiary/aromatic N) is 1. The maximum atomic E-state index is 13.5. The molecule has 1 aromatic carbocycles. The predicted molar refractivity (Wildman–Crippen MR) is 78.8 cm³/mol. The van der Waals surface area contributed by atoms with Gasteiger partial charge in [-0.15, -0.1) is 0 Å². The maximum Gasteiger partial charge on any atom is 0.244 e. The lowest BCUT2D eigenvalue weighted by Crippen LogP contribution is -2.25. The summed E-state index contributed by atoms with van der Waals surface area (Å²) in [4.78, 5) is 3.88. The summed E-state index contributed by atoms with van der Waals surface area (Å²) in [6, 6.07) is 7.61. The molecule has 2 N–H and O–H groups in total. The van der Waals surface area contributed by atoms with E-state index >= 15 is 0 Å². The third-order valence-corrected chi connectivity index (χ3v) is 4.28. The van der Waals surface area contributed by atoms with Crippen molar-refractivity contribution in [1.82, 2.24) is 9.71 Å². The molecule has 2 rings (SSSR count). The molecular formula is C14H16FN3O2S. The Hall–Kier alpha value is -1.99. The molecule has 0 spiro atoms. The second-order valence-corrected chi connectivity index (χ2v) is 6.05. The van der Waals surface area contributed by atoms with Crippen LogP contribution in [-0.2, 0) is 16.6 Å². The lowest BCUT2D eigenvalue weighted by molar-refractivity contribution is 0.574. The van der Waals surface area contributed by atoms with Gasteiger partial charge in [0.2, 0.25) is 10.0 Å². The Morgan fingerprint density at radius 3 is 2.71 bits per heavy atom. The van der Waals surface area contributed by atoms with Crippen LogP contribution in [-0.4, -0.2) is 19.9 Å². The number of aromatic nitrogens is 1. The Morgan fingerprint density at radius 1 is 1.24 bits per heavy atom. The molecule has 0 unspecified atom stereocenters. The van der Waals surface area contributed by atoms with E-state index in [9.17, 15) is 12.8 Å². The Bertz CT molecular complexity index is 720. The summed E-state index contributed by atoms with van der Waals surface area (Å²) in [6.45, 7) is 2.33. The van der Waals surface area contributed by atoms with Crippen LogP contribution in [0.2, 0.25) is 0 Å². The van der Waals surface area contributed by atoms with Crippen molar-refractivity contribution >= 4 is 15.7 Å². The first-order chi connectivity index (χ1) is 10.0. The van der Waals surface area contributed by atoms with Gasteiger partial charge in [-0.1, -0.05) is 18.2 Å². The Kier molecular flexibility index (Phi) is 4.87. The molecule has 0 aliphatic rings. The van der Waals surface area contributed by atoms with Crippen molar-refractivity contribution < 1.29 is 12.8 Å². The minimum Gasteiger partial charge on any atom is -0.384 e. The lowest BCUT2D eigenvalue weighted by atomic mass is 10.2. The lowest BCUT2D eigenvalue weighted by Gasteiger charge is -2.12. The van der Waals surface area contributed by atoms with E-state index in [1.54, 1.807) is 18.2 Å². The van der Waals surface area contributed by atoms with E-state index in [4.69, 9.17) is 0 Å². The first kappa shape index (κ1) is 15.4. The molecule has 112 valence electrons. The highest BCUT2D eigenvalue weighted by molar-refractivity contribution is 7.89. The van der Waals surface area contributed by atoms with Crippen molar-refractivity contribution in [3.63, 3.8) is 0 Å². The number of anilines is 1. The van der Waals surface area contributed by atoms with Gasteiger partial charge in [0, 0.05) is 31.0 Å². The third kappa shape index (κ3) is 3.77. The van der Waals surface area contributed by atoms with Gasteiger partial charge in [-0.05, 0) is 19.1 Å². The quantitative estimate of drug-likeness (QED) is 0.857. The number of sulfonamides is 1. The van der Waals surface area contributed by atoms with E-state index in [-0.39, 0.29) is 17.0 Å². The molecular weight excluding hydrogens is 293 g/mol. The van der Waals surface area contributed by atoms with E-state index in [1.807, 2.05) is 6.92 Å². The number of nitrogens with one attached hydrogen (secondary N) is 2. The van der Waals surface area contributed by atoms with Crippen molar-refractivity contribution in [3.05, 3.63) is 54.1 Å². The van der Waals surface area contributed by atoms with Gasteiger partial charge >= 0.3 is 0 Å². The van der Waals surface area contributed by atoms with Crippen LogP contribution in [0.25, 0.3) is 0 Å². The smallest absolute Gasteiger partial charge is 0.244 e. The van der Waals surface area contributed by atoms with Gasteiger partial charge in [0.15, 0.2) is 0 Å². The molecule has 2 aromatic rings. The summed E-state index contributed by atoms with van der Waals surface area (Å²) in [6.07, 6.45) is 2.77. The van der Waals surface area contributed by atoms with Crippen LogP contribution in [0, 0.1) is 5.82 Å². The SMILES string of the molecule is CCNc1ccncc1S(=O)(=O)NCc1ccccc1F. The first-order valence-electron chi connectivity index (χ1n) is 6.45. The van der Waals surface area contributed by atoms with Gasteiger partial charge < -0.3 is 5.32 Å². The molecule has 0 amide bonds. The highest BCUT2D eigenvalue weighted by Crippen LogP contribution is 2.19. The summed E-state index contributed by atoms with van der Waals surface area (Å²) in [5.74, 6) is -0.446. The average Bonchev–Trinajstić information content (AvgIpc) is 2.47. The second-order valence-electron chi connectivity index (χ2n) is 4.32. The van der Waals surface area contributed by atoms with Gasteiger partial charge in [0.25, 0.3) is 0 Å². The summed E-state index contributed by atoms with van der Waals surface area (Å²) in [5.41, 5.74) is 0.753. The predicted octanol–water partition coefficient (Wildman–Crippen LogP) is 2.13. The number of halogens is 1. The van der Waals surface area contributed by atoms with E-state index in [2.05, 4.69) is 15.0 Å². The largest absolute Gasteiger partial charge is 0.384 e. The van der Waals surface area contributed by atoms with Crippen LogP contribution in [0.3, 0.4) is 0 Å². The van der Waals surface area contributed by atoms with Crippen molar-refractivity contribution in [1.29, 1.82) is 0 Å². The molecule has 0 aliphatic carbocycles. The number of benzene rings is 1. The fourth-order valence-corrected chi connectivity index (χ4v) is 2.95. The highest BCUT2D eigenvalue weighted by atomic mass is 32.2. The molecule has 0 saturated carbocycles. The minimum absolute atomic E-state index is 0.0446. The Balaban J connectivity index is 2.21. The van der Waals surface area contributed by atoms with Gasteiger partial charge in [-0.2, -0.15) is 0 Å². The van der Waals surface area contributed by atoms with E-state index in [0.29, 0.717) is 12.2 Å². The maximum absolute atomic E-state index is 13.5. The molecule has 21 heavy (non-hydrogen) atoms. The van der Waals surface area contributed by atoms with Crippen LogP contribution in [0.4, 0.5) is 10.1 Å². The molecule has 0 saturated heterocycles. The summed E-state index contributed by atoms with van der Waals surface area (Å²) in [5, 5.41) is 2.96. The van der Waals surface area contributed by atoms with Crippen molar-refractivity contribution in [3.8, 4) is 0 Å². The van der Waals surface area contributed by atoms with Gasteiger partial charge in [-0.3, -0.25) is 4.98 Å². The molecule has 0 aliphatic heterocycles. The van der Waals surface area contributed by atoms with E-state index in [0.717, 1.165) is 0 Å². The first-order valence-corrected chi connectivity index (χ1v) is 7.94. The zero-order valence-corrected chi connectivity index (χ0v) is 12.3. The van der Waals surface area contributed by atoms with E-state index in [1.165, 1.54) is 24.5 Å². The topological polar surface area (TPSA) is 71.1 Å². The van der Waals surface area contributed by atoms with Crippen LogP contribution >= 0.6 is 0 Å². The molecule has 0 atom stereocenters. The fraction of sp³-hybridized carbons (Fsp3) is 0.214. The standard InChI is InChI=1S/C14H16FN3O2S/c1-2-17-13-7-8-16-10-14(13)21(19,20)18-9-11-5-3-4-6-12(11)15/h3-8,10,18H,2,9H2,1H3,(H,16,17). The van der Waals surface area contributed by atoms with Crippen LogP contribution in [0.5, 0.6) is 0 Å². The summed E-state index contributed by atoms with van der Waals surface area (Å²) >= 11 is 0. The molecule has 5 nitrogen and oxygen atoms in total. The second kappa shape index (κ2) is 6.64. The average molecular weight is 309 g/mol. The van der Waals surface area contributed by atoms with Crippen molar-refractivity contribution in [2.24, 2.45) is 0 Å². The number of hydrogen-bond donors (Lipinski definition) is 2. The highest BCUT2D eigenvalue weighted by Gasteiger charge is 2.18. The Labute approximate surface area is 123 Å². The summed E-state index contributed by atoms with van der Waals surface area (Å²) < 4.78 is 40.5. The van der Waals surface area contributed by atoms with Crippen LogP contribution < -0.4 is 10.0 Å². The zero-order valence-electron chi connectivity index (χ0n) is 11.5. The third-order valence-electron chi connectivity index (χ3n) is 2.85. The van der Waals surface area contributed by atoms with Crippen molar-refractivity contribution in [2.45, 2.75) is 18.4 Å². The zero-order chi connectivity index (χ0) is 15.3. The molecule has 0 bridgehead atoms.